The molecule has 0 heterocycles. The van der Waals surface area contributed by atoms with Gasteiger partial charge in [-0.05, 0) is 31.9 Å². The normalized spacial score (nSPS) is 17.6. The Morgan fingerprint density at radius 1 is 1.25 bits per heavy atom. The van der Waals surface area contributed by atoms with Gasteiger partial charge in [-0.3, -0.25) is 4.79 Å². The SMILES string of the molecule is CC(=NO)c1cccc(NC(=O)C2CCCCCC2)c1. The molecule has 0 bridgehead atoms. The fraction of sp³-hybridized carbons (Fsp3) is 0.500. The van der Waals surface area contributed by atoms with Crippen molar-refractivity contribution in [2.45, 2.75) is 45.4 Å². The topological polar surface area (TPSA) is 61.7 Å². The summed E-state index contributed by atoms with van der Waals surface area (Å²) in [4.78, 5) is 12.3. The van der Waals surface area contributed by atoms with E-state index in [-0.39, 0.29) is 11.8 Å². The zero-order chi connectivity index (χ0) is 14.4. The first-order valence-corrected chi connectivity index (χ1v) is 7.30. The van der Waals surface area contributed by atoms with Crippen molar-refractivity contribution in [1.82, 2.24) is 0 Å². The van der Waals surface area contributed by atoms with Gasteiger partial charge in [-0.1, -0.05) is 43.0 Å². The van der Waals surface area contributed by atoms with Gasteiger partial charge in [-0.25, -0.2) is 0 Å². The number of hydrogen-bond acceptors (Lipinski definition) is 3. The second-order valence-electron chi connectivity index (χ2n) is 5.44. The maximum absolute atomic E-state index is 12.3. The summed E-state index contributed by atoms with van der Waals surface area (Å²) < 4.78 is 0. The van der Waals surface area contributed by atoms with E-state index in [1.807, 2.05) is 24.3 Å². The van der Waals surface area contributed by atoms with Gasteiger partial charge in [0.25, 0.3) is 0 Å². The number of hydrogen-bond donors (Lipinski definition) is 2. The lowest BCUT2D eigenvalue weighted by atomic mass is 9.99. The molecule has 2 N–H and O–H groups in total. The summed E-state index contributed by atoms with van der Waals surface area (Å²) in [5.74, 6) is 0.247. The average Bonchev–Trinajstić information content (AvgIpc) is 2.76. The quantitative estimate of drug-likeness (QED) is 0.381. The first-order chi connectivity index (χ1) is 9.70. The van der Waals surface area contributed by atoms with Crippen molar-refractivity contribution >= 4 is 17.3 Å². The third-order valence-corrected chi connectivity index (χ3v) is 3.92. The molecule has 1 aromatic rings. The Balaban J connectivity index is 2.03. The van der Waals surface area contributed by atoms with Gasteiger partial charge in [-0.2, -0.15) is 0 Å². The third kappa shape index (κ3) is 3.83. The van der Waals surface area contributed by atoms with Crippen LogP contribution < -0.4 is 5.32 Å². The minimum atomic E-state index is 0.114. The largest absolute Gasteiger partial charge is 0.411 e. The van der Waals surface area contributed by atoms with Gasteiger partial charge < -0.3 is 10.5 Å². The molecule has 0 unspecified atom stereocenters. The number of rotatable bonds is 3. The molecule has 20 heavy (non-hydrogen) atoms. The molecule has 1 saturated carbocycles. The number of benzene rings is 1. The van der Waals surface area contributed by atoms with Crippen LogP contribution in [0.5, 0.6) is 0 Å². The van der Waals surface area contributed by atoms with Crippen molar-refractivity contribution < 1.29 is 10.0 Å². The Morgan fingerprint density at radius 3 is 2.60 bits per heavy atom. The number of carbonyl (C=O) groups excluding carboxylic acids is 1. The van der Waals surface area contributed by atoms with Crippen molar-refractivity contribution in [3.8, 4) is 0 Å². The Bertz CT molecular complexity index is 489. The molecule has 0 radical (unpaired) electrons. The first-order valence-electron chi connectivity index (χ1n) is 7.30. The molecular weight excluding hydrogens is 252 g/mol. The van der Waals surface area contributed by atoms with Crippen molar-refractivity contribution in [2.75, 3.05) is 5.32 Å². The van der Waals surface area contributed by atoms with Crippen LogP contribution in [-0.4, -0.2) is 16.8 Å². The maximum Gasteiger partial charge on any atom is 0.227 e. The van der Waals surface area contributed by atoms with E-state index < -0.39 is 0 Å². The molecule has 0 aliphatic heterocycles. The molecule has 4 nitrogen and oxygen atoms in total. The fourth-order valence-electron chi connectivity index (χ4n) is 2.67. The van der Waals surface area contributed by atoms with Crippen LogP contribution in [0.15, 0.2) is 29.4 Å². The highest BCUT2D eigenvalue weighted by Gasteiger charge is 2.20. The number of oxime groups is 1. The van der Waals surface area contributed by atoms with E-state index in [0.717, 1.165) is 36.9 Å². The number of amides is 1. The van der Waals surface area contributed by atoms with Gasteiger partial charge in [0, 0.05) is 17.2 Å². The molecule has 0 saturated heterocycles. The summed E-state index contributed by atoms with van der Waals surface area (Å²) in [6, 6.07) is 7.41. The molecule has 1 aliphatic rings. The van der Waals surface area contributed by atoms with Crippen LogP contribution in [0.2, 0.25) is 0 Å². The first kappa shape index (κ1) is 14.6. The number of anilines is 1. The van der Waals surface area contributed by atoms with Crippen molar-refractivity contribution in [1.29, 1.82) is 0 Å². The van der Waals surface area contributed by atoms with Gasteiger partial charge in [0.05, 0.1) is 5.71 Å². The van der Waals surface area contributed by atoms with Crippen molar-refractivity contribution in [2.24, 2.45) is 11.1 Å². The minimum absolute atomic E-state index is 0.114. The maximum atomic E-state index is 12.3. The van der Waals surface area contributed by atoms with Gasteiger partial charge in [0.1, 0.15) is 0 Å². The summed E-state index contributed by atoms with van der Waals surface area (Å²) in [5.41, 5.74) is 2.11. The third-order valence-electron chi connectivity index (χ3n) is 3.92. The van der Waals surface area contributed by atoms with Crippen LogP contribution in [-0.2, 0) is 4.79 Å². The second kappa shape index (κ2) is 7.08. The molecule has 0 aromatic heterocycles. The van der Waals surface area contributed by atoms with Crippen molar-refractivity contribution in [3.05, 3.63) is 29.8 Å². The lowest BCUT2D eigenvalue weighted by Gasteiger charge is -2.14. The molecule has 108 valence electrons. The van der Waals surface area contributed by atoms with Crippen molar-refractivity contribution in [3.63, 3.8) is 0 Å². The van der Waals surface area contributed by atoms with E-state index in [1.54, 1.807) is 6.92 Å². The molecular formula is C16H22N2O2. The predicted octanol–water partition coefficient (Wildman–Crippen LogP) is 3.79. The molecule has 2 rings (SSSR count). The molecule has 0 spiro atoms. The molecule has 1 fully saturated rings. The van der Waals surface area contributed by atoms with Crippen LogP contribution in [0.3, 0.4) is 0 Å². The molecule has 4 heteroatoms. The highest BCUT2D eigenvalue weighted by molar-refractivity contribution is 6.00. The molecule has 1 amide bonds. The van der Waals surface area contributed by atoms with Crippen LogP contribution in [0, 0.1) is 5.92 Å². The van der Waals surface area contributed by atoms with Crippen LogP contribution >= 0.6 is 0 Å². The van der Waals surface area contributed by atoms with Gasteiger partial charge in [-0.15, -0.1) is 0 Å². The van der Waals surface area contributed by atoms with Crippen LogP contribution in [0.4, 0.5) is 5.69 Å². The fourth-order valence-corrected chi connectivity index (χ4v) is 2.67. The standard InChI is InChI=1S/C16H22N2O2/c1-12(18-20)14-9-6-10-15(11-14)17-16(19)13-7-4-2-3-5-8-13/h6,9-11,13,20H,2-5,7-8H2,1H3,(H,17,19). The van der Waals surface area contributed by atoms with E-state index in [1.165, 1.54) is 12.8 Å². The Labute approximate surface area is 119 Å². The summed E-state index contributed by atoms with van der Waals surface area (Å²) in [5, 5.41) is 15.0. The smallest absolute Gasteiger partial charge is 0.227 e. The number of carbonyl (C=O) groups is 1. The monoisotopic (exact) mass is 274 g/mol. The summed E-state index contributed by atoms with van der Waals surface area (Å²) in [7, 11) is 0. The summed E-state index contributed by atoms with van der Waals surface area (Å²) in [6.07, 6.45) is 6.75. The molecule has 1 aliphatic carbocycles. The lowest BCUT2D eigenvalue weighted by molar-refractivity contribution is -0.120. The molecule has 1 aromatic carbocycles. The van der Waals surface area contributed by atoms with Gasteiger partial charge in [0.15, 0.2) is 0 Å². The minimum Gasteiger partial charge on any atom is -0.411 e. The lowest BCUT2D eigenvalue weighted by Crippen LogP contribution is -2.22. The van der Waals surface area contributed by atoms with Gasteiger partial charge in [0.2, 0.25) is 5.91 Å². The highest BCUT2D eigenvalue weighted by Crippen LogP contribution is 2.24. The van der Waals surface area contributed by atoms with E-state index in [2.05, 4.69) is 10.5 Å². The summed E-state index contributed by atoms with van der Waals surface area (Å²) >= 11 is 0. The number of nitrogens with one attached hydrogen (secondary N) is 1. The highest BCUT2D eigenvalue weighted by atomic mass is 16.4. The van der Waals surface area contributed by atoms with E-state index in [4.69, 9.17) is 5.21 Å². The van der Waals surface area contributed by atoms with Crippen LogP contribution in [0.1, 0.15) is 51.0 Å². The zero-order valence-electron chi connectivity index (χ0n) is 11.9. The van der Waals surface area contributed by atoms with E-state index in [9.17, 15) is 4.79 Å². The predicted molar refractivity (Wildman–Crippen MR) is 80.3 cm³/mol. The Morgan fingerprint density at radius 2 is 1.95 bits per heavy atom. The average molecular weight is 274 g/mol. The Hall–Kier alpha value is -1.84. The summed E-state index contributed by atoms with van der Waals surface area (Å²) in [6.45, 7) is 1.73. The Kier molecular flexibility index (Phi) is 5.16. The zero-order valence-corrected chi connectivity index (χ0v) is 11.9. The van der Waals surface area contributed by atoms with E-state index in [0.29, 0.717) is 5.71 Å². The van der Waals surface area contributed by atoms with Gasteiger partial charge >= 0.3 is 0 Å². The second-order valence-corrected chi connectivity index (χ2v) is 5.44. The molecule has 0 atom stereocenters. The number of nitrogens with zero attached hydrogens (tertiary/aromatic N) is 1. The van der Waals surface area contributed by atoms with Crippen LogP contribution in [0.25, 0.3) is 0 Å². The van der Waals surface area contributed by atoms with E-state index >= 15 is 0 Å².